The maximum Gasteiger partial charge on any atom is 0.0561 e. The van der Waals surface area contributed by atoms with Crippen molar-refractivity contribution in [1.82, 2.24) is 4.57 Å². The van der Waals surface area contributed by atoms with Gasteiger partial charge in [0, 0.05) is 53.7 Å². The van der Waals surface area contributed by atoms with Gasteiger partial charge in [-0.25, -0.2) is 0 Å². The highest BCUT2D eigenvalue weighted by Gasteiger charge is 2.20. The molecular weight excluding hydrogens is 661 g/mol. The lowest BCUT2D eigenvalue weighted by molar-refractivity contribution is 1.18. The van der Waals surface area contributed by atoms with Crippen molar-refractivity contribution in [1.29, 1.82) is 0 Å². The predicted octanol–water partition coefficient (Wildman–Crippen LogP) is 14.6. The van der Waals surface area contributed by atoms with Gasteiger partial charge in [-0.05, 0) is 93.3 Å². The van der Waals surface area contributed by atoms with Gasteiger partial charge in [0.2, 0.25) is 0 Å². The van der Waals surface area contributed by atoms with Crippen molar-refractivity contribution in [2.75, 3.05) is 4.90 Å². The summed E-state index contributed by atoms with van der Waals surface area (Å²) in [6, 6.07) is 71.0. The van der Waals surface area contributed by atoms with Crippen molar-refractivity contribution < 1.29 is 0 Å². The molecule has 2 nitrogen and oxygen atoms in total. The van der Waals surface area contributed by atoms with E-state index < -0.39 is 0 Å². The molecule has 0 amide bonds. The lowest BCUT2D eigenvalue weighted by atomic mass is 9.96. The molecule has 0 unspecified atom stereocenters. The minimum atomic E-state index is 1.11. The molecule has 0 saturated heterocycles. The third-order valence-corrected chi connectivity index (χ3v) is 11.9. The fourth-order valence-electron chi connectivity index (χ4n) is 8.31. The molecule has 11 aromatic rings. The highest BCUT2D eigenvalue weighted by molar-refractivity contribution is 7.26. The topological polar surface area (TPSA) is 8.17 Å². The average molecular weight is 693 g/mol. The van der Waals surface area contributed by atoms with Crippen LogP contribution in [-0.4, -0.2) is 4.57 Å². The molecule has 248 valence electrons. The maximum atomic E-state index is 2.45. The van der Waals surface area contributed by atoms with Crippen LogP contribution in [0.15, 0.2) is 194 Å². The first-order chi connectivity index (χ1) is 26.3. The van der Waals surface area contributed by atoms with Gasteiger partial charge in [-0.2, -0.15) is 0 Å². The van der Waals surface area contributed by atoms with Crippen molar-refractivity contribution in [2.45, 2.75) is 0 Å². The standard InChI is InChI=1S/C50H32N2S/c1-3-13-33(14-4-1)45-31-39(29-35-16-8-9-19-40(35)45)51(37-25-28-49-46(30-37)44-26-23-34-15-7-10-20-41(34)50(44)53-49)38-24-27-43-42-21-11-12-22-47(42)52(48(43)32-38)36-17-5-2-6-18-36/h1-32H. The second-order valence-corrected chi connectivity index (χ2v) is 14.8. The van der Waals surface area contributed by atoms with Gasteiger partial charge in [-0.15, -0.1) is 11.3 Å². The number of nitrogens with zero attached hydrogens (tertiary/aromatic N) is 2. The summed E-state index contributed by atoms with van der Waals surface area (Å²) in [4.78, 5) is 2.45. The minimum absolute atomic E-state index is 1.11. The number of fused-ring (bicyclic) bond motifs is 9. The van der Waals surface area contributed by atoms with Crippen LogP contribution in [0.25, 0.3) is 80.3 Å². The number of rotatable bonds is 5. The van der Waals surface area contributed by atoms with Crippen molar-refractivity contribution in [3.63, 3.8) is 0 Å². The molecular formula is C50H32N2S. The van der Waals surface area contributed by atoms with Crippen LogP contribution in [0.1, 0.15) is 0 Å². The van der Waals surface area contributed by atoms with Crippen LogP contribution < -0.4 is 4.90 Å². The van der Waals surface area contributed by atoms with E-state index in [-0.39, 0.29) is 0 Å². The third-order valence-electron chi connectivity index (χ3n) is 10.7. The Morgan fingerprint density at radius 3 is 1.87 bits per heavy atom. The van der Waals surface area contributed by atoms with Gasteiger partial charge < -0.3 is 9.47 Å². The fourth-order valence-corrected chi connectivity index (χ4v) is 9.53. The molecule has 0 aliphatic carbocycles. The molecule has 0 aliphatic heterocycles. The van der Waals surface area contributed by atoms with Gasteiger partial charge >= 0.3 is 0 Å². The normalized spacial score (nSPS) is 11.8. The molecule has 3 heteroatoms. The molecule has 0 bridgehead atoms. The average Bonchev–Trinajstić information content (AvgIpc) is 3.77. The lowest BCUT2D eigenvalue weighted by Gasteiger charge is -2.27. The third kappa shape index (κ3) is 4.78. The molecule has 0 fully saturated rings. The molecule has 11 rings (SSSR count). The Morgan fingerprint density at radius 2 is 1.02 bits per heavy atom. The summed E-state index contributed by atoms with van der Waals surface area (Å²) >= 11 is 1.89. The monoisotopic (exact) mass is 692 g/mol. The molecule has 0 aliphatic rings. The van der Waals surface area contributed by atoms with Crippen LogP contribution in [0, 0.1) is 0 Å². The minimum Gasteiger partial charge on any atom is -0.310 e. The SMILES string of the molecule is c1ccc(-c2cc(N(c3ccc4sc5c6ccccc6ccc5c4c3)c3ccc4c5ccccc5n(-c5ccccc5)c4c3)cc3ccccc23)cc1. The number of benzene rings is 9. The van der Waals surface area contributed by atoms with Crippen LogP contribution >= 0.6 is 11.3 Å². The highest BCUT2D eigenvalue weighted by Crippen LogP contribution is 2.45. The van der Waals surface area contributed by atoms with E-state index in [1.807, 2.05) is 11.3 Å². The molecule has 0 saturated carbocycles. The number of aromatic nitrogens is 1. The Labute approximate surface area is 311 Å². The van der Waals surface area contributed by atoms with Gasteiger partial charge in [-0.3, -0.25) is 0 Å². The molecule has 9 aromatic carbocycles. The summed E-state index contributed by atoms with van der Waals surface area (Å²) in [6.07, 6.45) is 0. The molecule has 2 aromatic heterocycles. The molecule has 53 heavy (non-hydrogen) atoms. The van der Waals surface area contributed by atoms with Crippen LogP contribution in [0.2, 0.25) is 0 Å². The molecule has 0 atom stereocenters. The Morgan fingerprint density at radius 1 is 0.377 bits per heavy atom. The maximum absolute atomic E-state index is 2.45. The van der Waals surface area contributed by atoms with Gasteiger partial charge in [0.25, 0.3) is 0 Å². The first-order valence-corrected chi connectivity index (χ1v) is 18.9. The van der Waals surface area contributed by atoms with Crippen molar-refractivity contribution >= 4 is 91.9 Å². The van der Waals surface area contributed by atoms with E-state index in [9.17, 15) is 0 Å². The van der Waals surface area contributed by atoms with E-state index in [1.165, 1.54) is 74.6 Å². The Kier molecular flexibility index (Phi) is 6.76. The van der Waals surface area contributed by atoms with Gasteiger partial charge in [0.05, 0.1) is 11.0 Å². The number of hydrogen-bond acceptors (Lipinski definition) is 2. The van der Waals surface area contributed by atoms with E-state index in [1.54, 1.807) is 0 Å². The number of anilines is 3. The van der Waals surface area contributed by atoms with Gasteiger partial charge in [-0.1, -0.05) is 133 Å². The van der Waals surface area contributed by atoms with Crippen LogP contribution in [0.5, 0.6) is 0 Å². The van der Waals surface area contributed by atoms with Crippen LogP contribution in [-0.2, 0) is 0 Å². The van der Waals surface area contributed by atoms with Crippen LogP contribution in [0.4, 0.5) is 17.1 Å². The summed E-state index contributed by atoms with van der Waals surface area (Å²) in [7, 11) is 0. The second kappa shape index (κ2) is 11.9. The number of para-hydroxylation sites is 2. The zero-order chi connectivity index (χ0) is 34.9. The predicted molar refractivity (Wildman–Crippen MR) is 229 cm³/mol. The fraction of sp³-hybridized carbons (Fsp3) is 0. The van der Waals surface area contributed by atoms with Gasteiger partial charge in [0.15, 0.2) is 0 Å². The molecule has 0 N–H and O–H groups in total. The molecule has 0 radical (unpaired) electrons. The summed E-state index contributed by atoms with van der Waals surface area (Å²) in [5.41, 5.74) is 9.31. The first-order valence-electron chi connectivity index (χ1n) is 18.1. The Hall–Kier alpha value is -6.68. The van der Waals surface area contributed by atoms with E-state index in [0.29, 0.717) is 0 Å². The zero-order valence-corrected chi connectivity index (χ0v) is 29.6. The van der Waals surface area contributed by atoms with Gasteiger partial charge in [0.1, 0.15) is 0 Å². The van der Waals surface area contributed by atoms with E-state index in [2.05, 4.69) is 204 Å². The number of hydrogen-bond donors (Lipinski definition) is 0. The van der Waals surface area contributed by atoms with E-state index in [0.717, 1.165) is 22.7 Å². The first kappa shape index (κ1) is 30.0. The van der Waals surface area contributed by atoms with E-state index >= 15 is 0 Å². The zero-order valence-electron chi connectivity index (χ0n) is 28.8. The quantitative estimate of drug-likeness (QED) is 0.174. The number of thiophene rings is 1. The highest BCUT2D eigenvalue weighted by atomic mass is 32.1. The van der Waals surface area contributed by atoms with Crippen molar-refractivity contribution in [3.05, 3.63) is 194 Å². The van der Waals surface area contributed by atoms with Crippen LogP contribution in [0.3, 0.4) is 0 Å². The second-order valence-electron chi connectivity index (χ2n) is 13.8. The largest absolute Gasteiger partial charge is 0.310 e. The Bertz CT molecular complexity index is 3170. The van der Waals surface area contributed by atoms with E-state index in [4.69, 9.17) is 0 Å². The summed E-state index contributed by atoms with van der Waals surface area (Å²) in [5.74, 6) is 0. The lowest BCUT2D eigenvalue weighted by Crippen LogP contribution is -2.10. The van der Waals surface area contributed by atoms with Crippen molar-refractivity contribution in [2.24, 2.45) is 0 Å². The molecule has 0 spiro atoms. The summed E-state index contributed by atoms with van der Waals surface area (Å²) in [5, 5.41) is 10.1. The smallest absolute Gasteiger partial charge is 0.0561 e. The van der Waals surface area contributed by atoms with Crippen molar-refractivity contribution in [3.8, 4) is 16.8 Å². The Balaban J connectivity index is 1.21. The summed E-state index contributed by atoms with van der Waals surface area (Å²) in [6.45, 7) is 0. The summed E-state index contributed by atoms with van der Waals surface area (Å²) < 4.78 is 5.04. The molecule has 2 heterocycles.